The summed E-state index contributed by atoms with van der Waals surface area (Å²) in [6.45, 7) is 1.29. The topological polar surface area (TPSA) is 18.5 Å². The zero-order valence-electron chi connectivity index (χ0n) is 5.46. The minimum atomic E-state index is 0.120. The van der Waals surface area contributed by atoms with Crippen molar-refractivity contribution in [2.45, 2.75) is 6.10 Å². The molecule has 2 atom stereocenters. The Hall–Kier alpha value is -0.520. The number of hydrogen-bond acceptors (Lipinski definition) is 2. The molecule has 0 aliphatic carbocycles. The van der Waals surface area contributed by atoms with Crippen molar-refractivity contribution in [2.75, 3.05) is 20.3 Å². The van der Waals surface area contributed by atoms with E-state index < -0.39 is 0 Å². The maximum atomic E-state index is 5.19. The molecule has 1 aliphatic rings. The SMILES string of the molecule is C#C[C@@H]1COC[C@H]1OC. The minimum absolute atomic E-state index is 0.120. The number of terminal acetylenes is 1. The van der Waals surface area contributed by atoms with Gasteiger partial charge in [0, 0.05) is 7.11 Å². The maximum Gasteiger partial charge on any atom is 0.0963 e. The molecule has 0 aromatic rings. The molecule has 0 saturated carbocycles. The highest BCUT2D eigenvalue weighted by Gasteiger charge is 2.25. The van der Waals surface area contributed by atoms with E-state index in [1.807, 2.05) is 0 Å². The predicted octanol–water partition coefficient (Wildman–Crippen LogP) is 0.281. The van der Waals surface area contributed by atoms with Gasteiger partial charge < -0.3 is 9.47 Å². The summed E-state index contributed by atoms with van der Waals surface area (Å²) >= 11 is 0. The molecule has 1 fully saturated rings. The van der Waals surface area contributed by atoms with Crippen LogP contribution in [0.3, 0.4) is 0 Å². The van der Waals surface area contributed by atoms with Gasteiger partial charge in [-0.15, -0.1) is 6.42 Å². The highest BCUT2D eigenvalue weighted by molar-refractivity contribution is 4.99. The van der Waals surface area contributed by atoms with Crippen molar-refractivity contribution >= 4 is 0 Å². The Labute approximate surface area is 55.1 Å². The summed E-state index contributed by atoms with van der Waals surface area (Å²) in [4.78, 5) is 0. The van der Waals surface area contributed by atoms with Gasteiger partial charge in [-0.2, -0.15) is 0 Å². The Balaban J connectivity index is 2.44. The third-order valence-corrected chi connectivity index (χ3v) is 1.55. The van der Waals surface area contributed by atoms with Gasteiger partial charge in [0.25, 0.3) is 0 Å². The average Bonchev–Trinajstić information content (AvgIpc) is 2.33. The molecule has 9 heavy (non-hydrogen) atoms. The van der Waals surface area contributed by atoms with E-state index in [4.69, 9.17) is 15.9 Å². The molecule has 1 aliphatic heterocycles. The first kappa shape index (κ1) is 6.60. The number of hydrogen-bond donors (Lipinski definition) is 0. The summed E-state index contributed by atoms with van der Waals surface area (Å²) in [5, 5.41) is 0. The molecule has 2 heteroatoms. The van der Waals surface area contributed by atoms with Gasteiger partial charge >= 0.3 is 0 Å². The summed E-state index contributed by atoms with van der Waals surface area (Å²) < 4.78 is 10.1. The first-order valence-electron chi connectivity index (χ1n) is 2.95. The Kier molecular flexibility index (Phi) is 2.10. The van der Waals surface area contributed by atoms with E-state index >= 15 is 0 Å². The number of ether oxygens (including phenoxy) is 2. The van der Waals surface area contributed by atoms with Gasteiger partial charge in [-0.25, -0.2) is 0 Å². The van der Waals surface area contributed by atoms with E-state index in [0.29, 0.717) is 13.2 Å². The molecule has 0 spiro atoms. The molecular weight excluding hydrogens is 116 g/mol. The fourth-order valence-electron chi connectivity index (χ4n) is 0.922. The molecule has 0 N–H and O–H groups in total. The van der Waals surface area contributed by atoms with E-state index in [1.54, 1.807) is 7.11 Å². The largest absolute Gasteiger partial charge is 0.378 e. The van der Waals surface area contributed by atoms with Crippen molar-refractivity contribution in [1.29, 1.82) is 0 Å². The van der Waals surface area contributed by atoms with E-state index in [1.165, 1.54) is 0 Å². The predicted molar refractivity (Wildman–Crippen MR) is 33.9 cm³/mol. The average molecular weight is 126 g/mol. The van der Waals surface area contributed by atoms with Gasteiger partial charge in [-0.1, -0.05) is 5.92 Å². The van der Waals surface area contributed by atoms with Crippen LogP contribution in [0, 0.1) is 18.3 Å². The first-order chi connectivity index (χ1) is 4.38. The number of methoxy groups -OCH3 is 1. The van der Waals surface area contributed by atoms with Crippen molar-refractivity contribution in [3.63, 3.8) is 0 Å². The Morgan fingerprint density at radius 1 is 1.67 bits per heavy atom. The molecule has 0 radical (unpaired) electrons. The van der Waals surface area contributed by atoms with Crippen molar-refractivity contribution in [3.05, 3.63) is 0 Å². The monoisotopic (exact) mass is 126 g/mol. The van der Waals surface area contributed by atoms with Gasteiger partial charge in [0.1, 0.15) is 0 Å². The molecule has 50 valence electrons. The van der Waals surface area contributed by atoms with Crippen LogP contribution >= 0.6 is 0 Å². The summed E-state index contributed by atoms with van der Waals surface area (Å²) in [7, 11) is 1.66. The molecule has 1 heterocycles. The van der Waals surface area contributed by atoms with Crippen LogP contribution in [-0.4, -0.2) is 26.4 Å². The normalized spacial score (nSPS) is 34.2. The number of rotatable bonds is 1. The Morgan fingerprint density at radius 3 is 2.89 bits per heavy atom. The standard InChI is InChI=1S/C7H10O2/c1-3-6-4-9-5-7(6)8-2/h1,6-7H,4-5H2,2H3/t6-,7-/m1/s1. The fraction of sp³-hybridized carbons (Fsp3) is 0.714. The highest BCUT2D eigenvalue weighted by Crippen LogP contribution is 2.14. The van der Waals surface area contributed by atoms with Crippen LogP contribution in [0.1, 0.15) is 0 Å². The lowest BCUT2D eigenvalue weighted by Crippen LogP contribution is -2.18. The van der Waals surface area contributed by atoms with E-state index in [2.05, 4.69) is 5.92 Å². The van der Waals surface area contributed by atoms with Gasteiger partial charge in [0.15, 0.2) is 0 Å². The van der Waals surface area contributed by atoms with Crippen LogP contribution in [-0.2, 0) is 9.47 Å². The van der Waals surface area contributed by atoms with Crippen LogP contribution < -0.4 is 0 Å². The summed E-state index contributed by atoms with van der Waals surface area (Å²) in [5.41, 5.74) is 0. The van der Waals surface area contributed by atoms with Gasteiger partial charge in [-0.05, 0) is 0 Å². The smallest absolute Gasteiger partial charge is 0.0963 e. The molecular formula is C7H10O2. The lowest BCUT2D eigenvalue weighted by Gasteiger charge is -2.08. The molecule has 1 saturated heterocycles. The third-order valence-electron chi connectivity index (χ3n) is 1.55. The maximum absolute atomic E-state index is 5.19. The summed E-state index contributed by atoms with van der Waals surface area (Å²) in [6, 6.07) is 0. The van der Waals surface area contributed by atoms with Gasteiger partial charge in [-0.3, -0.25) is 0 Å². The second-order valence-electron chi connectivity index (χ2n) is 2.08. The van der Waals surface area contributed by atoms with Crippen molar-refractivity contribution in [1.82, 2.24) is 0 Å². The van der Waals surface area contributed by atoms with E-state index in [9.17, 15) is 0 Å². The molecule has 2 nitrogen and oxygen atoms in total. The first-order valence-corrected chi connectivity index (χ1v) is 2.95. The molecule has 0 amide bonds. The van der Waals surface area contributed by atoms with Crippen LogP contribution in [0.25, 0.3) is 0 Å². The van der Waals surface area contributed by atoms with Crippen LogP contribution in [0.2, 0.25) is 0 Å². The van der Waals surface area contributed by atoms with E-state index in [0.717, 1.165) is 0 Å². The van der Waals surface area contributed by atoms with Crippen molar-refractivity contribution in [3.8, 4) is 12.3 Å². The lowest BCUT2D eigenvalue weighted by molar-refractivity contribution is 0.0748. The Bertz CT molecular complexity index is 125. The zero-order chi connectivity index (χ0) is 6.69. The van der Waals surface area contributed by atoms with Crippen LogP contribution in [0.5, 0.6) is 0 Å². The van der Waals surface area contributed by atoms with Crippen molar-refractivity contribution in [2.24, 2.45) is 5.92 Å². The Morgan fingerprint density at radius 2 is 2.44 bits per heavy atom. The zero-order valence-corrected chi connectivity index (χ0v) is 5.46. The third kappa shape index (κ3) is 1.24. The molecule has 0 aromatic heterocycles. The summed E-state index contributed by atoms with van der Waals surface area (Å²) in [6.07, 6.45) is 5.31. The second kappa shape index (κ2) is 2.86. The quantitative estimate of drug-likeness (QED) is 0.470. The van der Waals surface area contributed by atoms with Crippen LogP contribution in [0.4, 0.5) is 0 Å². The minimum Gasteiger partial charge on any atom is -0.378 e. The second-order valence-corrected chi connectivity index (χ2v) is 2.08. The summed E-state index contributed by atoms with van der Waals surface area (Å²) in [5.74, 6) is 2.78. The molecule has 0 aromatic carbocycles. The van der Waals surface area contributed by atoms with Crippen LogP contribution in [0.15, 0.2) is 0 Å². The molecule has 0 bridgehead atoms. The lowest BCUT2D eigenvalue weighted by atomic mass is 10.1. The van der Waals surface area contributed by atoms with Gasteiger partial charge in [0.2, 0.25) is 0 Å². The fourth-order valence-corrected chi connectivity index (χ4v) is 0.922. The molecule has 1 rings (SSSR count). The highest BCUT2D eigenvalue weighted by atomic mass is 16.5. The van der Waals surface area contributed by atoms with E-state index in [-0.39, 0.29) is 12.0 Å². The molecule has 0 unspecified atom stereocenters. The van der Waals surface area contributed by atoms with Crippen molar-refractivity contribution < 1.29 is 9.47 Å². The van der Waals surface area contributed by atoms with Gasteiger partial charge in [0.05, 0.1) is 25.2 Å².